The molecule has 1 amide bonds. The van der Waals surface area contributed by atoms with Crippen molar-refractivity contribution in [3.05, 3.63) is 53.9 Å². The van der Waals surface area contributed by atoms with Crippen LogP contribution in [0.5, 0.6) is 0 Å². The lowest BCUT2D eigenvalue weighted by molar-refractivity contribution is -0.137. The maximum absolute atomic E-state index is 12.4. The molecule has 2 N–H and O–H groups in total. The number of benzene rings is 1. The van der Waals surface area contributed by atoms with Crippen LogP contribution in [0.3, 0.4) is 0 Å². The van der Waals surface area contributed by atoms with Gasteiger partial charge in [0.05, 0.1) is 6.04 Å². The number of carboxylic acids is 1. The third-order valence-corrected chi connectivity index (χ3v) is 3.52. The highest BCUT2D eigenvalue weighted by Crippen LogP contribution is 2.19. The third-order valence-electron chi connectivity index (χ3n) is 3.52. The molecule has 0 fully saturated rings. The number of aliphatic carboxylic acids is 1. The first-order valence-corrected chi connectivity index (χ1v) is 7.60. The molecule has 0 saturated carbocycles. The number of rotatable bonds is 7. The van der Waals surface area contributed by atoms with Gasteiger partial charge in [-0.15, -0.1) is 0 Å². The predicted octanol–water partition coefficient (Wildman–Crippen LogP) is 2.80. The number of carbonyl (C=O) groups is 2. The molecule has 0 bridgehead atoms. The number of carboxylic acid groups (broad SMARTS) is 1. The summed E-state index contributed by atoms with van der Waals surface area (Å²) in [6.07, 6.45) is 2.07. The van der Waals surface area contributed by atoms with Crippen molar-refractivity contribution in [2.75, 3.05) is 0 Å². The molecule has 0 spiro atoms. The van der Waals surface area contributed by atoms with Crippen molar-refractivity contribution in [2.45, 2.75) is 38.8 Å². The first-order valence-electron chi connectivity index (χ1n) is 7.60. The number of hydrogen-bond acceptors (Lipinski definition) is 3. The van der Waals surface area contributed by atoms with Gasteiger partial charge in [0.2, 0.25) is 0 Å². The van der Waals surface area contributed by atoms with E-state index in [-0.39, 0.29) is 24.4 Å². The van der Waals surface area contributed by atoms with E-state index in [0.717, 1.165) is 5.56 Å². The minimum absolute atomic E-state index is 0.0136. The van der Waals surface area contributed by atoms with Gasteiger partial charge in [0.25, 0.3) is 5.91 Å². The Balaban J connectivity index is 2.12. The summed E-state index contributed by atoms with van der Waals surface area (Å²) in [4.78, 5) is 23.2. The minimum atomic E-state index is -0.885. The molecule has 0 radical (unpaired) electrons. The predicted molar refractivity (Wildman–Crippen MR) is 86.1 cm³/mol. The van der Waals surface area contributed by atoms with Crippen LogP contribution in [0.1, 0.15) is 54.8 Å². The van der Waals surface area contributed by atoms with Crippen molar-refractivity contribution in [3.63, 3.8) is 0 Å². The van der Waals surface area contributed by atoms with Crippen LogP contribution in [0.4, 0.5) is 0 Å². The van der Waals surface area contributed by atoms with Crippen LogP contribution in [0.25, 0.3) is 0 Å². The van der Waals surface area contributed by atoms with Crippen molar-refractivity contribution in [2.24, 2.45) is 0 Å². The molecule has 1 aromatic heterocycles. The van der Waals surface area contributed by atoms with Crippen LogP contribution in [0.2, 0.25) is 0 Å². The Bertz CT molecular complexity index is 665. The summed E-state index contributed by atoms with van der Waals surface area (Å²) in [6, 6.07) is 10.8. The van der Waals surface area contributed by atoms with Gasteiger partial charge in [-0.25, -0.2) is 0 Å². The molecule has 23 heavy (non-hydrogen) atoms. The summed E-state index contributed by atoms with van der Waals surface area (Å²) in [5.41, 5.74) is 1.21. The zero-order chi connectivity index (χ0) is 16.8. The molecule has 6 heteroatoms. The van der Waals surface area contributed by atoms with Gasteiger partial charge in [-0.1, -0.05) is 30.3 Å². The molecular formula is C17H21N3O3. The van der Waals surface area contributed by atoms with Gasteiger partial charge >= 0.3 is 5.97 Å². The monoisotopic (exact) mass is 315 g/mol. The Morgan fingerprint density at radius 3 is 2.48 bits per heavy atom. The number of aromatic nitrogens is 2. The van der Waals surface area contributed by atoms with Gasteiger partial charge in [-0.2, -0.15) is 5.10 Å². The van der Waals surface area contributed by atoms with Crippen molar-refractivity contribution in [1.82, 2.24) is 15.1 Å². The van der Waals surface area contributed by atoms with E-state index in [0.29, 0.717) is 12.1 Å². The summed E-state index contributed by atoms with van der Waals surface area (Å²) in [7, 11) is 0. The first-order chi connectivity index (χ1) is 11.0. The average Bonchev–Trinajstić information content (AvgIpc) is 3.02. The lowest BCUT2D eigenvalue weighted by Crippen LogP contribution is -2.29. The largest absolute Gasteiger partial charge is 0.481 e. The molecule has 122 valence electrons. The Hall–Kier alpha value is -2.63. The maximum atomic E-state index is 12.4. The Labute approximate surface area is 135 Å². The maximum Gasteiger partial charge on any atom is 0.303 e. The molecule has 0 aliphatic carbocycles. The number of nitrogens with zero attached hydrogens (tertiary/aromatic N) is 2. The van der Waals surface area contributed by atoms with Crippen LogP contribution >= 0.6 is 0 Å². The third kappa shape index (κ3) is 4.67. The van der Waals surface area contributed by atoms with Crippen LogP contribution in [-0.2, 0) is 4.79 Å². The average molecular weight is 315 g/mol. The van der Waals surface area contributed by atoms with E-state index in [1.54, 1.807) is 16.9 Å². The summed E-state index contributed by atoms with van der Waals surface area (Å²) in [5.74, 6) is -1.19. The van der Waals surface area contributed by atoms with Gasteiger partial charge in [0.15, 0.2) is 0 Å². The van der Waals surface area contributed by atoms with E-state index in [4.69, 9.17) is 5.11 Å². The molecule has 1 unspecified atom stereocenters. The first kappa shape index (κ1) is 16.7. The molecule has 0 aliphatic rings. The van der Waals surface area contributed by atoms with Crippen LogP contribution in [-0.4, -0.2) is 26.8 Å². The highest BCUT2D eigenvalue weighted by atomic mass is 16.4. The van der Waals surface area contributed by atoms with Gasteiger partial charge < -0.3 is 10.4 Å². The summed E-state index contributed by atoms with van der Waals surface area (Å²) in [5, 5.41) is 16.0. The molecule has 1 aromatic carbocycles. The SMILES string of the molecule is CC(C)n1ccc(C(=O)NC(CCC(=O)O)c2ccccc2)n1. The van der Waals surface area contributed by atoms with Gasteiger partial charge in [0, 0.05) is 18.7 Å². The number of hydrogen-bond donors (Lipinski definition) is 2. The van der Waals surface area contributed by atoms with Crippen LogP contribution in [0, 0.1) is 0 Å². The quantitative estimate of drug-likeness (QED) is 0.823. The van der Waals surface area contributed by atoms with E-state index < -0.39 is 5.97 Å². The van der Waals surface area contributed by atoms with Gasteiger partial charge in [0.1, 0.15) is 5.69 Å². The smallest absolute Gasteiger partial charge is 0.303 e. The zero-order valence-corrected chi connectivity index (χ0v) is 13.3. The van der Waals surface area contributed by atoms with E-state index in [1.165, 1.54) is 0 Å². The summed E-state index contributed by atoms with van der Waals surface area (Å²) < 4.78 is 1.71. The van der Waals surface area contributed by atoms with Crippen LogP contribution in [0.15, 0.2) is 42.6 Å². The molecule has 6 nitrogen and oxygen atoms in total. The highest BCUT2D eigenvalue weighted by molar-refractivity contribution is 5.92. The molecule has 0 saturated heterocycles. The van der Waals surface area contributed by atoms with Crippen molar-refractivity contribution < 1.29 is 14.7 Å². The fourth-order valence-electron chi connectivity index (χ4n) is 2.25. The Kier molecular flexibility index (Phi) is 5.51. The lowest BCUT2D eigenvalue weighted by Gasteiger charge is -2.18. The van der Waals surface area contributed by atoms with E-state index >= 15 is 0 Å². The summed E-state index contributed by atoms with van der Waals surface area (Å²) >= 11 is 0. The fourth-order valence-corrected chi connectivity index (χ4v) is 2.25. The molecule has 2 rings (SSSR count). The fraction of sp³-hybridized carbons (Fsp3) is 0.353. The molecular weight excluding hydrogens is 294 g/mol. The number of carbonyl (C=O) groups excluding carboxylic acids is 1. The second kappa shape index (κ2) is 7.58. The normalized spacial score (nSPS) is 12.1. The van der Waals surface area contributed by atoms with Gasteiger partial charge in [-0.3, -0.25) is 14.3 Å². The number of amides is 1. The highest BCUT2D eigenvalue weighted by Gasteiger charge is 2.18. The lowest BCUT2D eigenvalue weighted by atomic mass is 10.0. The molecule has 2 aromatic rings. The van der Waals surface area contributed by atoms with Gasteiger partial charge in [-0.05, 0) is 31.9 Å². The van der Waals surface area contributed by atoms with E-state index in [9.17, 15) is 9.59 Å². The molecule has 1 heterocycles. The zero-order valence-electron chi connectivity index (χ0n) is 13.3. The standard InChI is InChI=1S/C17H21N3O3/c1-12(2)20-11-10-15(19-20)17(23)18-14(8-9-16(21)22)13-6-4-3-5-7-13/h3-7,10-12,14H,8-9H2,1-2H3,(H,18,23)(H,21,22). The number of nitrogens with one attached hydrogen (secondary N) is 1. The Morgan fingerprint density at radius 1 is 1.22 bits per heavy atom. The second-order valence-corrected chi connectivity index (χ2v) is 5.64. The summed E-state index contributed by atoms with van der Waals surface area (Å²) in [6.45, 7) is 3.96. The van der Waals surface area contributed by atoms with Crippen molar-refractivity contribution in [3.8, 4) is 0 Å². The second-order valence-electron chi connectivity index (χ2n) is 5.64. The topological polar surface area (TPSA) is 84.2 Å². The van der Waals surface area contributed by atoms with Crippen LogP contribution < -0.4 is 5.32 Å². The van der Waals surface area contributed by atoms with Crippen molar-refractivity contribution in [1.29, 1.82) is 0 Å². The molecule has 0 aliphatic heterocycles. The minimum Gasteiger partial charge on any atom is -0.481 e. The van der Waals surface area contributed by atoms with E-state index in [1.807, 2.05) is 44.2 Å². The van der Waals surface area contributed by atoms with Crippen molar-refractivity contribution >= 4 is 11.9 Å². The van der Waals surface area contributed by atoms with E-state index in [2.05, 4.69) is 10.4 Å². The molecule has 1 atom stereocenters. The Morgan fingerprint density at radius 2 is 1.91 bits per heavy atom.